The molecule has 0 atom stereocenters. The van der Waals surface area contributed by atoms with E-state index < -0.39 is 0 Å². The summed E-state index contributed by atoms with van der Waals surface area (Å²) in [5, 5.41) is 8.62. The van der Waals surface area contributed by atoms with Gasteiger partial charge in [-0.05, 0) is 6.54 Å². The van der Waals surface area contributed by atoms with Gasteiger partial charge in [-0.25, -0.2) is 4.98 Å². The highest BCUT2D eigenvalue weighted by Crippen LogP contribution is 1.95. The van der Waals surface area contributed by atoms with Crippen molar-refractivity contribution in [1.82, 2.24) is 9.97 Å². The number of aliphatic hydroxyl groups excluding tert-OH is 1. The van der Waals surface area contributed by atoms with Crippen LogP contribution >= 0.6 is 24.8 Å². The molecule has 0 fully saturated rings. The van der Waals surface area contributed by atoms with Gasteiger partial charge in [0.1, 0.15) is 5.82 Å². The van der Waals surface area contributed by atoms with Gasteiger partial charge in [-0.1, -0.05) is 0 Å². The molecule has 0 aliphatic rings. The molecule has 1 aromatic rings. The second-order valence-electron chi connectivity index (χ2n) is 2.05. The second-order valence-corrected chi connectivity index (χ2v) is 2.05. The number of nitrogens with one attached hydrogen (secondary N) is 1. The van der Waals surface area contributed by atoms with Crippen molar-refractivity contribution in [2.45, 2.75) is 13.0 Å². The van der Waals surface area contributed by atoms with Crippen LogP contribution in [-0.4, -0.2) is 21.6 Å². The van der Waals surface area contributed by atoms with Crippen LogP contribution in [-0.2, 0) is 13.0 Å². The van der Waals surface area contributed by atoms with Crippen LogP contribution in [0.2, 0.25) is 0 Å². The summed E-state index contributed by atoms with van der Waals surface area (Å²) < 4.78 is 0. The second kappa shape index (κ2) is 7.36. The zero-order valence-corrected chi connectivity index (χ0v) is 8.12. The molecule has 1 rings (SSSR count). The summed E-state index contributed by atoms with van der Waals surface area (Å²) in [5.41, 5.74) is 6.03. The van der Waals surface area contributed by atoms with E-state index >= 15 is 0 Å². The largest absolute Gasteiger partial charge is 0.390 e. The highest BCUT2D eigenvalue weighted by atomic mass is 35.5. The molecule has 0 bridgehead atoms. The first-order valence-corrected chi connectivity index (χ1v) is 3.20. The van der Waals surface area contributed by atoms with E-state index in [1.54, 1.807) is 6.20 Å². The van der Waals surface area contributed by atoms with Gasteiger partial charge in [0.2, 0.25) is 0 Å². The molecule has 4 N–H and O–H groups in total. The van der Waals surface area contributed by atoms with E-state index in [1.807, 2.05) is 0 Å². The first-order valence-electron chi connectivity index (χ1n) is 3.20. The minimum atomic E-state index is 0. The molecule has 0 aliphatic heterocycles. The van der Waals surface area contributed by atoms with E-state index in [0.717, 1.165) is 17.9 Å². The molecule has 1 heterocycles. The lowest BCUT2D eigenvalue weighted by atomic mass is 10.4. The van der Waals surface area contributed by atoms with E-state index in [0.29, 0.717) is 6.54 Å². The number of hydrogen-bond donors (Lipinski definition) is 3. The standard InChI is InChI=1S/C6H11N3O.2ClH/c7-2-1-6-8-3-5(4-10)9-6;;/h3,10H,1-2,4,7H2,(H,8,9);2*1H. The van der Waals surface area contributed by atoms with E-state index in [1.165, 1.54) is 0 Å². The fourth-order valence-electron chi connectivity index (χ4n) is 0.750. The lowest BCUT2D eigenvalue weighted by Gasteiger charge is -1.89. The number of aliphatic hydroxyl groups is 1. The maximum Gasteiger partial charge on any atom is 0.107 e. The molecule has 0 radical (unpaired) electrons. The van der Waals surface area contributed by atoms with Gasteiger partial charge >= 0.3 is 0 Å². The van der Waals surface area contributed by atoms with Gasteiger partial charge in [-0.15, -0.1) is 24.8 Å². The predicted molar refractivity (Wildman–Crippen MR) is 51.8 cm³/mol. The number of aromatic amines is 1. The van der Waals surface area contributed by atoms with E-state index in [2.05, 4.69) is 9.97 Å². The SMILES string of the molecule is Cl.Cl.NCCc1ncc(CO)[nH]1. The number of rotatable bonds is 3. The number of imidazole rings is 1. The first-order chi connectivity index (χ1) is 4.86. The molecule has 0 amide bonds. The summed E-state index contributed by atoms with van der Waals surface area (Å²) in [6.07, 6.45) is 2.35. The number of H-pyrrole nitrogens is 1. The fraction of sp³-hybridized carbons (Fsp3) is 0.500. The Kier molecular flexibility index (Phi) is 8.74. The normalized spacial score (nSPS) is 8.50. The van der Waals surface area contributed by atoms with Crippen LogP contribution in [0, 0.1) is 0 Å². The summed E-state index contributed by atoms with van der Waals surface area (Å²) >= 11 is 0. The third-order valence-corrected chi connectivity index (χ3v) is 1.23. The van der Waals surface area contributed by atoms with Crippen molar-refractivity contribution in [3.8, 4) is 0 Å². The number of nitrogens with two attached hydrogens (primary N) is 1. The zero-order valence-electron chi connectivity index (χ0n) is 6.49. The molecule has 4 nitrogen and oxygen atoms in total. The Morgan fingerprint density at radius 3 is 2.58 bits per heavy atom. The van der Waals surface area contributed by atoms with Crippen molar-refractivity contribution in [1.29, 1.82) is 0 Å². The maximum absolute atomic E-state index is 8.62. The highest BCUT2D eigenvalue weighted by Gasteiger charge is 1.96. The topological polar surface area (TPSA) is 74.9 Å². The smallest absolute Gasteiger partial charge is 0.107 e. The Hall–Kier alpha value is -0.290. The third-order valence-electron chi connectivity index (χ3n) is 1.23. The molecular formula is C6H13Cl2N3O. The number of nitrogens with zero attached hydrogens (tertiary/aromatic N) is 1. The summed E-state index contributed by atoms with van der Waals surface area (Å²) in [4.78, 5) is 6.90. The van der Waals surface area contributed by atoms with Crippen LogP contribution in [0.3, 0.4) is 0 Å². The van der Waals surface area contributed by atoms with Gasteiger partial charge in [0.15, 0.2) is 0 Å². The quantitative estimate of drug-likeness (QED) is 0.674. The molecule has 1 aromatic heterocycles. The number of halogens is 2. The Morgan fingerprint density at radius 1 is 1.50 bits per heavy atom. The molecule has 72 valence electrons. The van der Waals surface area contributed by atoms with Gasteiger partial charge in [0.05, 0.1) is 18.5 Å². The van der Waals surface area contributed by atoms with E-state index in [4.69, 9.17) is 10.8 Å². The van der Waals surface area contributed by atoms with Crippen LogP contribution in [0.5, 0.6) is 0 Å². The van der Waals surface area contributed by atoms with Crippen LogP contribution in [0.25, 0.3) is 0 Å². The third kappa shape index (κ3) is 3.92. The van der Waals surface area contributed by atoms with Gasteiger partial charge in [0.25, 0.3) is 0 Å². The lowest BCUT2D eigenvalue weighted by Crippen LogP contribution is -2.03. The van der Waals surface area contributed by atoms with E-state index in [-0.39, 0.29) is 31.4 Å². The molecule has 0 unspecified atom stereocenters. The molecule has 6 heteroatoms. The minimum Gasteiger partial charge on any atom is -0.390 e. The van der Waals surface area contributed by atoms with Crippen LogP contribution < -0.4 is 5.73 Å². The van der Waals surface area contributed by atoms with Gasteiger partial charge < -0.3 is 15.8 Å². The average molecular weight is 214 g/mol. The van der Waals surface area contributed by atoms with E-state index in [9.17, 15) is 0 Å². The molecular weight excluding hydrogens is 201 g/mol. The van der Waals surface area contributed by atoms with Gasteiger partial charge in [-0.2, -0.15) is 0 Å². The average Bonchev–Trinajstić information content (AvgIpc) is 2.37. The molecule has 0 aliphatic carbocycles. The summed E-state index contributed by atoms with van der Waals surface area (Å²) in [6, 6.07) is 0. The van der Waals surface area contributed by atoms with Crippen molar-refractivity contribution in [3.05, 3.63) is 17.7 Å². The molecule has 12 heavy (non-hydrogen) atoms. The maximum atomic E-state index is 8.62. The van der Waals surface area contributed by atoms with Crippen molar-refractivity contribution < 1.29 is 5.11 Å². The van der Waals surface area contributed by atoms with Crippen molar-refractivity contribution >= 4 is 24.8 Å². The van der Waals surface area contributed by atoms with Crippen LogP contribution in [0.4, 0.5) is 0 Å². The Labute approximate surface area is 83.4 Å². The summed E-state index contributed by atoms with van der Waals surface area (Å²) in [7, 11) is 0. The van der Waals surface area contributed by atoms with Crippen molar-refractivity contribution in [3.63, 3.8) is 0 Å². The zero-order chi connectivity index (χ0) is 7.40. The van der Waals surface area contributed by atoms with Gasteiger partial charge in [0, 0.05) is 6.42 Å². The molecule has 0 saturated carbocycles. The lowest BCUT2D eigenvalue weighted by molar-refractivity contribution is 0.277. The summed E-state index contributed by atoms with van der Waals surface area (Å²) in [6.45, 7) is 0.593. The monoisotopic (exact) mass is 213 g/mol. The predicted octanol–water partition coefficient (Wildman–Crippen LogP) is 0.247. The molecule has 0 saturated heterocycles. The highest BCUT2D eigenvalue weighted by molar-refractivity contribution is 5.85. The van der Waals surface area contributed by atoms with Crippen molar-refractivity contribution in [2.24, 2.45) is 5.73 Å². The number of hydrogen-bond acceptors (Lipinski definition) is 3. The minimum absolute atomic E-state index is 0. The van der Waals surface area contributed by atoms with Gasteiger partial charge in [-0.3, -0.25) is 0 Å². The molecule has 0 aromatic carbocycles. The van der Waals surface area contributed by atoms with Crippen LogP contribution in [0.1, 0.15) is 11.5 Å². The molecule has 0 spiro atoms. The Balaban J connectivity index is 0. The van der Waals surface area contributed by atoms with Crippen LogP contribution in [0.15, 0.2) is 6.20 Å². The van der Waals surface area contributed by atoms with Crippen molar-refractivity contribution in [2.75, 3.05) is 6.54 Å². The summed E-state index contributed by atoms with van der Waals surface area (Å²) in [5.74, 6) is 0.839. The fourth-order valence-corrected chi connectivity index (χ4v) is 0.750. The first kappa shape index (κ1) is 14.2. The Morgan fingerprint density at radius 2 is 2.17 bits per heavy atom. The Bertz CT molecular complexity index is 204. The number of aromatic nitrogens is 2.